The Morgan fingerprint density at radius 1 is 1.03 bits per heavy atom. The van der Waals surface area contributed by atoms with Gasteiger partial charge in [0.05, 0.1) is 22.2 Å². The van der Waals surface area contributed by atoms with Crippen LogP contribution in [0.5, 0.6) is 5.75 Å². The fourth-order valence-corrected chi connectivity index (χ4v) is 5.02. The molecule has 1 N–H and O–H groups in total. The van der Waals surface area contributed by atoms with Crippen molar-refractivity contribution in [1.82, 2.24) is 0 Å². The van der Waals surface area contributed by atoms with E-state index >= 15 is 0 Å². The van der Waals surface area contributed by atoms with Crippen LogP contribution >= 0.6 is 46.6 Å². The molecule has 0 unspecified atom stereocenters. The van der Waals surface area contributed by atoms with Crippen LogP contribution in [0.3, 0.4) is 0 Å². The number of carbonyl (C=O) groups excluding carboxylic acids is 1. The molecule has 5 nitrogen and oxygen atoms in total. The summed E-state index contributed by atoms with van der Waals surface area (Å²) < 4.78 is 11.0. The zero-order valence-corrected chi connectivity index (χ0v) is 22.1. The van der Waals surface area contributed by atoms with Crippen LogP contribution in [0.25, 0.3) is 6.08 Å². The highest BCUT2D eigenvalue weighted by molar-refractivity contribution is 8.18. The zero-order valence-electron chi connectivity index (χ0n) is 19.0. The van der Waals surface area contributed by atoms with Crippen LogP contribution < -0.4 is 4.74 Å². The molecule has 0 atom stereocenters. The van der Waals surface area contributed by atoms with Crippen molar-refractivity contribution in [2.45, 2.75) is 13.5 Å². The number of hydrogen-bond acceptors (Lipinski definition) is 6. The van der Waals surface area contributed by atoms with Gasteiger partial charge in [-0.2, -0.15) is 0 Å². The number of aliphatic hydroxyl groups is 1. The molecule has 3 aromatic carbocycles. The van der Waals surface area contributed by atoms with Gasteiger partial charge in [0.25, 0.3) is 0 Å². The van der Waals surface area contributed by atoms with Crippen LogP contribution in [0, 0.1) is 0 Å². The van der Waals surface area contributed by atoms with E-state index in [4.69, 9.17) is 44.3 Å². The van der Waals surface area contributed by atoms with Gasteiger partial charge in [-0.15, -0.1) is 0 Å². The third-order valence-electron chi connectivity index (χ3n) is 5.01. The predicted octanol–water partition coefficient (Wildman–Crippen LogP) is 8.42. The van der Waals surface area contributed by atoms with E-state index in [0.717, 1.165) is 5.56 Å². The van der Waals surface area contributed by atoms with Crippen molar-refractivity contribution >= 4 is 69.3 Å². The van der Waals surface area contributed by atoms with E-state index < -0.39 is 5.97 Å². The molecule has 0 aliphatic carbocycles. The predicted molar refractivity (Wildman–Crippen MR) is 148 cm³/mol. The number of hydrogen-bond donors (Lipinski definition) is 1. The molecule has 0 amide bonds. The summed E-state index contributed by atoms with van der Waals surface area (Å²) in [5.41, 5.74) is 2.16. The van der Waals surface area contributed by atoms with Crippen LogP contribution in [-0.2, 0) is 16.1 Å². The molecule has 0 aromatic heterocycles. The van der Waals surface area contributed by atoms with Gasteiger partial charge in [0.2, 0.25) is 0 Å². The molecule has 1 aliphatic rings. The Kier molecular flexibility index (Phi) is 8.64. The minimum atomic E-state index is -0.636. The van der Waals surface area contributed by atoms with E-state index in [1.807, 2.05) is 30.3 Å². The van der Waals surface area contributed by atoms with Crippen molar-refractivity contribution in [3.05, 3.63) is 109 Å². The fraction of sp³-hybridized carbons (Fsp3) is 0.111. The maximum absolute atomic E-state index is 12.6. The average molecular weight is 561 g/mol. The number of aliphatic imine (C=N–C) groups is 1. The minimum absolute atomic E-state index is 0.0304. The van der Waals surface area contributed by atoms with Gasteiger partial charge < -0.3 is 14.6 Å². The first-order valence-corrected chi connectivity index (χ1v) is 12.8. The Hall–Kier alpha value is -2.90. The standard InChI is InChI=1S/C27H20Cl3NO4S/c1-2-34-27(33)24-25(32)23(36-26(24)31-19-6-4-3-5-7-19)13-16-8-11-22(21(30)12-16)35-15-17-9-10-18(28)14-20(17)29/h3-14,32H,2,15H2,1H3/b23-13-,31-26?. The zero-order chi connectivity index (χ0) is 25.7. The molecule has 1 heterocycles. The Bertz CT molecular complexity index is 1390. The van der Waals surface area contributed by atoms with E-state index in [0.29, 0.717) is 42.0 Å². The molecule has 0 saturated carbocycles. The number of halogens is 3. The van der Waals surface area contributed by atoms with Crippen molar-refractivity contribution in [2.75, 3.05) is 6.61 Å². The summed E-state index contributed by atoms with van der Waals surface area (Å²) >= 11 is 19.8. The van der Waals surface area contributed by atoms with Gasteiger partial charge in [0, 0.05) is 15.6 Å². The number of para-hydroxylation sites is 1. The maximum Gasteiger partial charge on any atom is 0.344 e. The molecule has 184 valence electrons. The summed E-state index contributed by atoms with van der Waals surface area (Å²) in [5, 5.41) is 12.7. The van der Waals surface area contributed by atoms with Crippen molar-refractivity contribution in [2.24, 2.45) is 4.99 Å². The Morgan fingerprint density at radius 2 is 1.81 bits per heavy atom. The Morgan fingerprint density at radius 3 is 2.50 bits per heavy atom. The van der Waals surface area contributed by atoms with Crippen LogP contribution in [0.4, 0.5) is 5.69 Å². The highest BCUT2D eigenvalue weighted by atomic mass is 35.5. The molecule has 0 saturated heterocycles. The maximum atomic E-state index is 12.6. The molecular weight excluding hydrogens is 541 g/mol. The SMILES string of the molecule is CCOC(=O)C1=C(O)/C(=C/c2ccc(OCc3ccc(Cl)cc3Cl)c(Cl)c2)SC1=Nc1ccccc1. The van der Waals surface area contributed by atoms with Gasteiger partial charge in [0.15, 0.2) is 0 Å². The van der Waals surface area contributed by atoms with Crippen molar-refractivity contribution < 1.29 is 19.4 Å². The first kappa shape index (κ1) is 26.2. The van der Waals surface area contributed by atoms with Gasteiger partial charge in [-0.1, -0.05) is 76.9 Å². The lowest BCUT2D eigenvalue weighted by Gasteiger charge is -2.10. The second-order valence-electron chi connectivity index (χ2n) is 7.52. The topological polar surface area (TPSA) is 68.1 Å². The van der Waals surface area contributed by atoms with Crippen LogP contribution in [0.15, 0.2) is 88.0 Å². The quantitative estimate of drug-likeness (QED) is 0.294. The number of aliphatic hydroxyl groups excluding tert-OH is 1. The lowest BCUT2D eigenvalue weighted by Crippen LogP contribution is -2.12. The summed E-state index contributed by atoms with van der Waals surface area (Å²) in [7, 11) is 0. The lowest BCUT2D eigenvalue weighted by atomic mass is 10.1. The highest BCUT2D eigenvalue weighted by Crippen LogP contribution is 2.41. The van der Waals surface area contributed by atoms with E-state index in [9.17, 15) is 9.90 Å². The molecule has 0 spiro atoms. The molecular formula is C27H20Cl3NO4S. The second kappa shape index (κ2) is 11.9. The number of rotatable bonds is 7. The highest BCUT2D eigenvalue weighted by Gasteiger charge is 2.33. The van der Waals surface area contributed by atoms with Crippen LogP contribution in [0.1, 0.15) is 18.1 Å². The Labute approximate surface area is 228 Å². The summed E-state index contributed by atoms with van der Waals surface area (Å²) in [4.78, 5) is 17.6. The van der Waals surface area contributed by atoms with Gasteiger partial charge in [-0.05, 0) is 55.0 Å². The minimum Gasteiger partial charge on any atom is -0.506 e. The third-order valence-corrected chi connectivity index (χ3v) is 6.91. The van der Waals surface area contributed by atoms with E-state index in [-0.39, 0.29) is 24.5 Å². The van der Waals surface area contributed by atoms with Gasteiger partial charge >= 0.3 is 5.97 Å². The molecule has 0 radical (unpaired) electrons. The molecule has 0 fully saturated rings. The summed E-state index contributed by atoms with van der Waals surface area (Å²) in [6, 6.07) is 19.6. The normalized spacial score (nSPS) is 15.6. The van der Waals surface area contributed by atoms with Crippen molar-refractivity contribution in [3.8, 4) is 5.75 Å². The average Bonchev–Trinajstić information content (AvgIpc) is 3.14. The van der Waals surface area contributed by atoms with Gasteiger partial charge in [-0.25, -0.2) is 9.79 Å². The Balaban J connectivity index is 1.58. The first-order chi connectivity index (χ1) is 17.4. The number of benzene rings is 3. The van der Waals surface area contributed by atoms with Crippen LogP contribution in [0.2, 0.25) is 15.1 Å². The van der Waals surface area contributed by atoms with Crippen molar-refractivity contribution in [3.63, 3.8) is 0 Å². The third kappa shape index (κ3) is 6.26. The molecule has 9 heteroatoms. The molecule has 3 aromatic rings. The summed E-state index contributed by atoms with van der Waals surface area (Å²) in [5.74, 6) is -0.354. The molecule has 0 bridgehead atoms. The van der Waals surface area contributed by atoms with Gasteiger partial charge in [-0.3, -0.25) is 0 Å². The van der Waals surface area contributed by atoms with Crippen molar-refractivity contribution in [1.29, 1.82) is 0 Å². The molecule has 36 heavy (non-hydrogen) atoms. The monoisotopic (exact) mass is 559 g/mol. The number of carbonyl (C=O) groups is 1. The molecule has 4 rings (SSSR count). The second-order valence-corrected chi connectivity index (χ2v) is 9.80. The van der Waals surface area contributed by atoms with E-state index in [1.165, 1.54) is 11.8 Å². The van der Waals surface area contributed by atoms with E-state index in [1.54, 1.807) is 49.4 Å². The van der Waals surface area contributed by atoms with E-state index in [2.05, 4.69) is 4.99 Å². The summed E-state index contributed by atoms with van der Waals surface area (Å²) in [6.45, 7) is 2.10. The largest absolute Gasteiger partial charge is 0.506 e. The lowest BCUT2D eigenvalue weighted by molar-refractivity contribution is -0.138. The number of thioether (sulfide) groups is 1. The summed E-state index contributed by atoms with van der Waals surface area (Å²) in [6.07, 6.45) is 1.72. The van der Waals surface area contributed by atoms with Crippen LogP contribution in [-0.4, -0.2) is 22.7 Å². The van der Waals surface area contributed by atoms with Gasteiger partial charge in [0.1, 0.15) is 28.7 Å². The number of ether oxygens (including phenoxy) is 2. The first-order valence-electron chi connectivity index (χ1n) is 10.9. The number of esters is 1. The number of nitrogens with zero attached hydrogens (tertiary/aromatic N) is 1. The fourth-order valence-electron chi connectivity index (χ4n) is 3.28. The smallest absolute Gasteiger partial charge is 0.344 e. The molecule has 1 aliphatic heterocycles.